The Morgan fingerprint density at radius 2 is 1.96 bits per heavy atom. The summed E-state index contributed by atoms with van der Waals surface area (Å²) in [7, 11) is -1.91. The van der Waals surface area contributed by atoms with Gasteiger partial charge in [-0.05, 0) is 56.2 Å². The highest BCUT2D eigenvalue weighted by molar-refractivity contribution is 6.59. The number of benzene rings is 1. The number of fused-ring (bicyclic) bond motifs is 1. The van der Waals surface area contributed by atoms with Crippen LogP contribution in [0.25, 0.3) is 22.2 Å². The second-order valence-electron chi connectivity index (χ2n) is 6.86. The van der Waals surface area contributed by atoms with Gasteiger partial charge >= 0.3 is 13.2 Å². The largest absolute Gasteiger partial charge is 0.506 e. The van der Waals surface area contributed by atoms with Crippen molar-refractivity contribution in [3.05, 3.63) is 48.4 Å². The molecule has 2 aromatic heterocycles. The van der Waals surface area contributed by atoms with Crippen LogP contribution >= 0.6 is 0 Å². The van der Waals surface area contributed by atoms with Crippen molar-refractivity contribution >= 4 is 29.8 Å². The van der Waals surface area contributed by atoms with Gasteiger partial charge in [0, 0.05) is 11.6 Å². The molecule has 2 N–H and O–H groups in total. The molecule has 8 heteroatoms. The summed E-state index contributed by atoms with van der Waals surface area (Å²) in [6, 6.07) is 9.09. The van der Waals surface area contributed by atoms with E-state index >= 15 is 0 Å². The molecular formula is C18H18BFN2O4. The van der Waals surface area contributed by atoms with Crippen molar-refractivity contribution in [3.8, 4) is 11.1 Å². The third kappa shape index (κ3) is 3.47. The van der Waals surface area contributed by atoms with E-state index in [1.165, 1.54) is 24.4 Å². The maximum absolute atomic E-state index is 13.6. The van der Waals surface area contributed by atoms with Crippen LogP contribution in [-0.2, 0) is 4.74 Å². The molecule has 0 bridgehead atoms. The number of ether oxygens (including phenoxy) is 1. The quantitative estimate of drug-likeness (QED) is 0.689. The molecule has 0 spiro atoms. The SMILES string of the molecule is CC(C)(C)OC(=O)n1c(B(O)O)cc2c(-c3cccc(F)c3)ccnc21. The number of aromatic nitrogens is 2. The van der Waals surface area contributed by atoms with Crippen LogP contribution in [-0.4, -0.2) is 38.4 Å². The highest BCUT2D eigenvalue weighted by Crippen LogP contribution is 2.28. The average Bonchev–Trinajstić information content (AvgIpc) is 2.93. The Morgan fingerprint density at radius 1 is 1.23 bits per heavy atom. The summed E-state index contributed by atoms with van der Waals surface area (Å²) in [6.07, 6.45) is 0.691. The van der Waals surface area contributed by atoms with Crippen LogP contribution in [0, 0.1) is 5.82 Å². The number of hydrogen-bond donors (Lipinski definition) is 2. The smallest absolute Gasteiger partial charge is 0.443 e. The second-order valence-corrected chi connectivity index (χ2v) is 6.86. The topological polar surface area (TPSA) is 84.6 Å². The Labute approximate surface area is 150 Å². The molecule has 0 fully saturated rings. The lowest BCUT2D eigenvalue weighted by atomic mass is 9.86. The summed E-state index contributed by atoms with van der Waals surface area (Å²) in [5.74, 6) is -0.401. The molecule has 0 saturated heterocycles. The van der Waals surface area contributed by atoms with Crippen molar-refractivity contribution in [3.63, 3.8) is 0 Å². The van der Waals surface area contributed by atoms with Gasteiger partial charge in [0.25, 0.3) is 0 Å². The normalized spacial score (nSPS) is 11.6. The maximum atomic E-state index is 13.6. The minimum absolute atomic E-state index is 0.0781. The second kappa shape index (κ2) is 6.55. The minimum atomic E-state index is -1.91. The molecule has 0 amide bonds. The van der Waals surface area contributed by atoms with Gasteiger partial charge in [-0.2, -0.15) is 0 Å². The molecule has 0 unspecified atom stereocenters. The molecule has 134 valence electrons. The number of nitrogens with zero attached hydrogens (tertiary/aromatic N) is 2. The third-order valence-corrected chi connectivity index (χ3v) is 3.71. The van der Waals surface area contributed by atoms with Crippen molar-refractivity contribution in [2.45, 2.75) is 26.4 Å². The number of carbonyl (C=O) groups excluding carboxylic acids is 1. The van der Waals surface area contributed by atoms with E-state index in [4.69, 9.17) is 4.74 Å². The molecule has 0 aliphatic rings. The Morgan fingerprint density at radius 3 is 2.58 bits per heavy atom. The Balaban J connectivity index is 2.24. The fourth-order valence-corrected chi connectivity index (χ4v) is 2.71. The van der Waals surface area contributed by atoms with Crippen LogP contribution in [0.5, 0.6) is 0 Å². The van der Waals surface area contributed by atoms with Gasteiger partial charge < -0.3 is 14.8 Å². The van der Waals surface area contributed by atoms with Crippen molar-refractivity contribution in [1.82, 2.24) is 9.55 Å². The van der Waals surface area contributed by atoms with E-state index in [9.17, 15) is 19.2 Å². The van der Waals surface area contributed by atoms with Crippen LogP contribution in [0.15, 0.2) is 42.6 Å². The van der Waals surface area contributed by atoms with Gasteiger partial charge in [0.1, 0.15) is 17.1 Å². The average molecular weight is 356 g/mol. The molecule has 0 aliphatic carbocycles. The summed E-state index contributed by atoms with van der Waals surface area (Å²) in [5, 5.41) is 19.9. The van der Waals surface area contributed by atoms with E-state index in [0.29, 0.717) is 16.5 Å². The summed E-state index contributed by atoms with van der Waals surface area (Å²) < 4.78 is 20.0. The summed E-state index contributed by atoms with van der Waals surface area (Å²) in [6.45, 7) is 5.12. The lowest BCUT2D eigenvalue weighted by Gasteiger charge is -2.20. The van der Waals surface area contributed by atoms with Gasteiger partial charge in [-0.3, -0.25) is 0 Å². The molecule has 0 radical (unpaired) electrons. The van der Waals surface area contributed by atoms with E-state index < -0.39 is 24.6 Å². The van der Waals surface area contributed by atoms with Crippen molar-refractivity contribution in [2.24, 2.45) is 0 Å². The van der Waals surface area contributed by atoms with Gasteiger partial charge in [0.15, 0.2) is 0 Å². The zero-order chi connectivity index (χ0) is 19.1. The van der Waals surface area contributed by atoms with Crippen molar-refractivity contribution in [2.75, 3.05) is 0 Å². The summed E-state index contributed by atoms with van der Waals surface area (Å²) in [5.41, 5.74) is 0.539. The predicted octanol–water partition coefficient (Wildman–Crippen LogP) is 2.31. The summed E-state index contributed by atoms with van der Waals surface area (Å²) in [4.78, 5) is 16.8. The fraction of sp³-hybridized carbons (Fsp3) is 0.222. The predicted molar refractivity (Wildman–Crippen MR) is 96.6 cm³/mol. The first-order chi connectivity index (χ1) is 12.2. The molecular weight excluding hydrogens is 338 g/mol. The van der Waals surface area contributed by atoms with Gasteiger partial charge in [-0.25, -0.2) is 18.7 Å². The van der Waals surface area contributed by atoms with E-state index in [1.54, 1.807) is 39.0 Å². The monoisotopic (exact) mass is 356 g/mol. The minimum Gasteiger partial charge on any atom is -0.443 e. The van der Waals surface area contributed by atoms with Gasteiger partial charge in [-0.1, -0.05) is 12.1 Å². The number of rotatable bonds is 2. The standard InChI is InChI=1S/C18H18BFN2O4/c1-18(2,3)26-17(23)22-15(19(24)25)10-14-13(7-8-21-16(14)22)11-5-4-6-12(20)9-11/h4-10,24-25H,1-3H3. The Hall–Kier alpha value is -2.71. The molecule has 26 heavy (non-hydrogen) atoms. The fourth-order valence-electron chi connectivity index (χ4n) is 2.71. The lowest BCUT2D eigenvalue weighted by molar-refractivity contribution is 0.0547. The van der Waals surface area contributed by atoms with E-state index in [0.717, 1.165) is 4.57 Å². The molecule has 0 aliphatic heterocycles. The van der Waals surface area contributed by atoms with E-state index in [1.807, 2.05) is 0 Å². The van der Waals surface area contributed by atoms with Gasteiger partial charge in [0.05, 0.1) is 5.59 Å². The van der Waals surface area contributed by atoms with Crippen molar-refractivity contribution < 1.29 is 24.0 Å². The van der Waals surface area contributed by atoms with Crippen molar-refractivity contribution in [1.29, 1.82) is 0 Å². The van der Waals surface area contributed by atoms with E-state index in [-0.39, 0.29) is 11.2 Å². The number of hydrogen-bond acceptors (Lipinski definition) is 5. The maximum Gasteiger partial charge on any atom is 0.506 e. The number of halogens is 1. The zero-order valence-corrected chi connectivity index (χ0v) is 14.6. The van der Waals surface area contributed by atoms with Crippen LogP contribution < -0.4 is 5.59 Å². The first-order valence-electron chi connectivity index (χ1n) is 8.03. The number of carbonyl (C=O) groups is 1. The van der Waals surface area contributed by atoms with Gasteiger partial charge in [-0.15, -0.1) is 0 Å². The molecule has 0 atom stereocenters. The van der Waals surface area contributed by atoms with Crippen LogP contribution in [0.1, 0.15) is 20.8 Å². The first kappa shape index (κ1) is 18.1. The number of pyridine rings is 1. The zero-order valence-electron chi connectivity index (χ0n) is 14.6. The molecule has 0 saturated carbocycles. The molecule has 3 aromatic rings. The highest BCUT2D eigenvalue weighted by atomic mass is 19.1. The van der Waals surface area contributed by atoms with Crippen LogP contribution in [0.2, 0.25) is 0 Å². The Kier molecular flexibility index (Phi) is 4.56. The third-order valence-electron chi connectivity index (χ3n) is 3.71. The van der Waals surface area contributed by atoms with Crippen LogP contribution in [0.3, 0.4) is 0 Å². The van der Waals surface area contributed by atoms with Crippen LogP contribution in [0.4, 0.5) is 9.18 Å². The highest BCUT2D eigenvalue weighted by Gasteiger charge is 2.28. The lowest BCUT2D eigenvalue weighted by Crippen LogP contribution is -2.41. The molecule has 2 heterocycles. The summed E-state index contributed by atoms with van der Waals surface area (Å²) >= 11 is 0. The first-order valence-corrected chi connectivity index (χ1v) is 8.03. The molecule has 1 aromatic carbocycles. The molecule has 6 nitrogen and oxygen atoms in total. The molecule has 3 rings (SSSR count). The van der Waals surface area contributed by atoms with Gasteiger partial charge in [0.2, 0.25) is 0 Å². The Bertz CT molecular complexity index is 979. The van der Waals surface area contributed by atoms with E-state index in [2.05, 4.69) is 4.98 Å².